The van der Waals surface area contributed by atoms with Gasteiger partial charge in [0.25, 0.3) is 0 Å². The summed E-state index contributed by atoms with van der Waals surface area (Å²) in [6.07, 6.45) is 4.29. The van der Waals surface area contributed by atoms with E-state index in [0.717, 1.165) is 31.7 Å². The van der Waals surface area contributed by atoms with Gasteiger partial charge in [-0.15, -0.1) is 0 Å². The molecule has 2 nitrogen and oxygen atoms in total. The maximum atomic E-state index is 11.8. The summed E-state index contributed by atoms with van der Waals surface area (Å²) in [6.45, 7) is 7.56. The van der Waals surface area contributed by atoms with Gasteiger partial charge in [-0.05, 0) is 39.7 Å². The van der Waals surface area contributed by atoms with Crippen LogP contribution < -0.4 is 0 Å². The fourth-order valence-corrected chi connectivity index (χ4v) is 2.31. The number of rotatable bonds is 4. The van der Waals surface area contributed by atoms with Crippen molar-refractivity contribution in [2.45, 2.75) is 52.5 Å². The molecule has 2 heteroatoms. The van der Waals surface area contributed by atoms with E-state index >= 15 is 0 Å². The molecule has 1 aliphatic carbocycles. The lowest BCUT2D eigenvalue weighted by atomic mass is 9.79. The maximum absolute atomic E-state index is 11.8. The number of carbonyl (C=O) groups is 1. The summed E-state index contributed by atoms with van der Waals surface area (Å²) in [5.74, 6) is 1.58. The summed E-state index contributed by atoms with van der Waals surface area (Å²) in [5, 5.41) is 0. The van der Waals surface area contributed by atoms with Gasteiger partial charge in [-0.2, -0.15) is 0 Å². The van der Waals surface area contributed by atoms with Crippen LogP contribution in [0.5, 0.6) is 0 Å². The standard InChI is InChI=1S/C13H25NO/c1-5-11-6-7-13(15)12(8-11)9-14(4)10(2)3/h10-12H,5-9H2,1-4H3. The van der Waals surface area contributed by atoms with Gasteiger partial charge in [0, 0.05) is 24.9 Å². The highest BCUT2D eigenvalue weighted by atomic mass is 16.1. The molecule has 15 heavy (non-hydrogen) atoms. The van der Waals surface area contributed by atoms with Gasteiger partial charge in [0.05, 0.1) is 0 Å². The predicted molar refractivity (Wildman–Crippen MR) is 63.9 cm³/mol. The van der Waals surface area contributed by atoms with Crippen LogP contribution in [0.4, 0.5) is 0 Å². The second kappa shape index (κ2) is 5.64. The van der Waals surface area contributed by atoms with Crippen molar-refractivity contribution in [2.24, 2.45) is 11.8 Å². The fourth-order valence-electron chi connectivity index (χ4n) is 2.31. The molecule has 0 spiro atoms. The molecule has 2 unspecified atom stereocenters. The Kier molecular flexibility index (Phi) is 4.78. The fraction of sp³-hybridized carbons (Fsp3) is 0.923. The second-order valence-corrected chi connectivity index (χ2v) is 5.25. The smallest absolute Gasteiger partial charge is 0.137 e. The molecule has 0 aromatic heterocycles. The number of hydrogen-bond donors (Lipinski definition) is 0. The van der Waals surface area contributed by atoms with E-state index in [1.165, 1.54) is 6.42 Å². The molecule has 0 aromatic carbocycles. The lowest BCUT2D eigenvalue weighted by molar-refractivity contribution is -0.126. The van der Waals surface area contributed by atoms with Crippen molar-refractivity contribution in [2.75, 3.05) is 13.6 Å². The Morgan fingerprint density at radius 3 is 2.67 bits per heavy atom. The Bertz CT molecular complexity index is 213. The first-order valence-corrected chi connectivity index (χ1v) is 6.27. The van der Waals surface area contributed by atoms with Gasteiger partial charge >= 0.3 is 0 Å². The molecule has 0 saturated heterocycles. The monoisotopic (exact) mass is 211 g/mol. The Morgan fingerprint density at radius 1 is 1.47 bits per heavy atom. The maximum Gasteiger partial charge on any atom is 0.137 e. The molecular weight excluding hydrogens is 186 g/mol. The average Bonchev–Trinajstić information content (AvgIpc) is 2.21. The zero-order valence-corrected chi connectivity index (χ0v) is 10.6. The molecule has 0 bridgehead atoms. The molecule has 1 fully saturated rings. The number of nitrogens with zero attached hydrogens (tertiary/aromatic N) is 1. The number of ketones is 1. The normalized spacial score (nSPS) is 27.7. The van der Waals surface area contributed by atoms with E-state index in [0.29, 0.717) is 17.7 Å². The first kappa shape index (κ1) is 12.7. The van der Waals surface area contributed by atoms with E-state index < -0.39 is 0 Å². The molecule has 1 aliphatic rings. The molecule has 1 rings (SSSR count). The Balaban J connectivity index is 2.47. The van der Waals surface area contributed by atoms with Crippen LogP contribution in [0.15, 0.2) is 0 Å². The van der Waals surface area contributed by atoms with E-state index in [1.807, 2.05) is 0 Å². The van der Waals surface area contributed by atoms with E-state index in [2.05, 4.69) is 32.7 Å². The molecule has 0 radical (unpaired) electrons. The van der Waals surface area contributed by atoms with E-state index in [-0.39, 0.29) is 0 Å². The minimum atomic E-state index is 0.302. The van der Waals surface area contributed by atoms with Gasteiger partial charge in [0.2, 0.25) is 0 Å². The minimum Gasteiger partial charge on any atom is -0.303 e. The van der Waals surface area contributed by atoms with E-state index in [1.54, 1.807) is 0 Å². The van der Waals surface area contributed by atoms with Crippen LogP contribution in [0.25, 0.3) is 0 Å². The number of carbonyl (C=O) groups excluding carboxylic acids is 1. The molecule has 0 amide bonds. The molecule has 2 atom stereocenters. The van der Waals surface area contributed by atoms with Gasteiger partial charge in [0.1, 0.15) is 5.78 Å². The third-order valence-corrected chi connectivity index (χ3v) is 3.84. The van der Waals surface area contributed by atoms with Crippen LogP contribution in [0.1, 0.15) is 46.5 Å². The highest BCUT2D eigenvalue weighted by Crippen LogP contribution is 2.29. The molecule has 0 aliphatic heterocycles. The topological polar surface area (TPSA) is 20.3 Å². The quantitative estimate of drug-likeness (QED) is 0.712. The third-order valence-electron chi connectivity index (χ3n) is 3.84. The predicted octanol–water partition coefficient (Wildman–Crippen LogP) is 2.72. The minimum absolute atomic E-state index is 0.302. The largest absolute Gasteiger partial charge is 0.303 e. The molecule has 0 N–H and O–H groups in total. The molecule has 88 valence electrons. The Labute approximate surface area is 94.0 Å². The summed E-state index contributed by atoms with van der Waals surface area (Å²) < 4.78 is 0. The zero-order chi connectivity index (χ0) is 11.4. The molecular formula is C13H25NO. The lowest BCUT2D eigenvalue weighted by Crippen LogP contribution is -2.37. The van der Waals surface area contributed by atoms with Gasteiger partial charge < -0.3 is 4.90 Å². The summed E-state index contributed by atoms with van der Waals surface area (Å²) in [6, 6.07) is 0.541. The van der Waals surface area contributed by atoms with Crippen LogP contribution in [0.3, 0.4) is 0 Å². The van der Waals surface area contributed by atoms with Crippen LogP contribution in [-0.2, 0) is 4.79 Å². The second-order valence-electron chi connectivity index (χ2n) is 5.25. The van der Waals surface area contributed by atoms with Crippen LogP contribution in [0.2, 0.25) is 0 Å². The highest BCUT2D eigenvalue weighted by molar-refractivity contribution is 5.81. The van der Waals surface area contributed by atoms with Crippen molar-refractivity contribution in [3.05, 3.63) is 0 Å². The van der Waals surface area contributed by atoms with Gasteiger partial charge in [0.15, 0.2) is 0 Å². The van der Waals surface area contributed by atoms with Crippen LogP contribution >= 0.6 is 0 Å². The van der Waals surface area contributed by atoms with Crippen LogP contribution in [-0.4, -0.2) is 30.3 Å². The SMILES string of the molecule is CCC1CCC(=O)C(CN(C)C(C)C)C1. The van der Waals surface area contributed by atoms with Gasteiger partial charge in [-0.1, -0.05) is 13.3 Å². The number of hydrogen-bond acceptors (Lipinski definition) is 2. The van der Waals surface area contributed by atoms with Crippen molar-refractivity contribution in [3.63, 3.8) is 0 Å². The molecule has 0 heterocycles. The van der Waals surface area contributed by atoms with E-state index in [9.17, 15) is 4.79 Å². The third kappa shape index (κ3) is 3.60. The van der Waals surface area contributed by atoms with Gasteiger partial charge in [-0.25, -0.2) is 0 Å². The van der Waals surface area contributed by atoms with Gasteiger partial charge in [-0.3, -0.25) is 4.79 Å². The van der Waals surface area contributed by atoms with Crippen LogP contribution in [0, 0.1) is 11.8 Å². The highest BCUT2D eigenvalue weighted by Gasteiger charge is 2.28. The number of Topliss-reactive ketones (excluding diaryl/α,β-unsaturated/α-hetero) is 1. The first-order chi connectivity index (χ1) is 7.04. The Morgan fingerprint density at radius 2 is 2.13 bits per heavy atom. The average molecular weight is 211 g/mol. The summed E-state index contributed by atoms with van der Waals surface area (Å²) in [7, 11) is 2.12. The Hall–Kier alpha value is -0.370. The molecule has 1 saturated carbocycles. The van der Waals surface area contributed by atoms with Crippen molar-refractivity contribution in [3.8, 4) is 0 Å². The summed E-state index contributed by atoms with van der Waals surface area (Å²) in [4.78, 5) is 14.1. The van der Waals surface area contributed by atoms with Crippen molar-refractivity contribution >= 4 is 5.78 Å². The summed E-state index contributed by atoms with van der Waals surface area (Å²) in [5.41, 5.74) is 0. The van der Waals surface area contributed by atoms with E-state index in [4.69, 9.17) is 0 Å². The van der Waals surface area contributed by atoms with Crippen molar-refractivity contribution < 1.29 is 4.79 Å². The lowest BCUT2D eigenvalue weighted by Gasteiger charge is -2.31. The molecule has 0 aromatic rings. The summed E-state index contributed by atoms with van der Waals surface area (Å²) >= 11 is 0. The van der Waals surface area contributed by atoms with Crippen molar-refractivity contribution in [1.82, 2.24) is 4.90 Å². The zero-order valence-electron chi connectivity index (χ0n) is 10.6. The first-order valence-electron chi connectivity index (χ1n) is 6.27. The van der Waals surface area contributed by atoms with Crippen molar-refractivity contribution in [1.29, 1.82) is 0 Å².